The van der Waals surface area contributed by atoms with E-state index >= 15 is 0 Å². The normalized spacial score (nSPS) is 22.0. The molecule has 6 heteroatoms. The molecule has 3 nitrogen and oxygen atoms in total. The van der Waals surface area contributed by atoms with Crippen molar-refractivity contribution >= 4 is 6.09 Å². The first-order valence-electron chi connectivity index (χ1n) is 8.15. The van der Waals surface area contributed by atoms with Gasteiger partial charge in [-0.2, -0.15) is 13.2 Å². The fraction of sp³-hybridized carbons (Fsp3) is 0.316. The molecule has 25 heavy (non-hydrogen) atoms. The maximum Gasteiger partial charge on any atom is 0.416 e. The van der Waals surface area contributed by atoms with Crippen molar-refractivity contribution in [1.29, 1.82) is 0 Å². The Morgan fingerprint density at radius 1 is 1.04 bits per heavy atom. The highest BCUT2D eigenvalue weighted by Gasteiger charge is 2.40. The number of halogens is 3. The summed E-state index contributed by atoms with van der Waals surface area (Å²) < 4.78 is 38.1. The van der Waals surface area contributed by atoms with E-state index in [4.69, 9.17) is 0 Å². The molecule has 1 aliphatic heterocycles. The predicted octanol–water partition coefficient (Wildman–Crippen LogP) is 5.28. The van der Waals surface area contributed by atoms with Gasteiger partial charge >= 0.3 is 12.3 Å². The topological polar surface area (TPSA) is 40.5 Å². The number of fused-ring (bicyclic) bond motifs is 5. The average molecular weight is 347 g/mol. The molecular weight excluding hydrogens is 331 g/mol. The van der Waals surface area contributed by atoms with Gasteiger partial charge in [0.15, 0.2) is 0 Å². The van der Waals surface area contributed by atoms with Crippen LogP contribution in [0.4, 0.5) is 18.0 Å². The van der Waals surface area contributed by atoms with Gasteiger partial charge in [-0.05, 0) is 59.2 Å². The van der Waals surface area contributed by atoms with Crippen LogP contribution in [-0.2, 0) is 6.18 Å². The molecule has 0 unspecified atom stereocenters. The molecule has 1 saturated heterocycles. The van der Waals surface area contributed by atoms with E-state index < -0.39 is 17.8 Å². The summed E-state index contributed by atoms with van der Waals surface area (Å²) in [4.78, 5) is 12.9. The molecule has 0 aromatic heterocycles. The standard InChI is InChI=1S/C19H16F3NO2/c20-19(21,22)14-4-1-11(2-5-14)12-3-6-15-13-7-8-23(18(24)25)17(10-13)16(15)9-12/h1-6,9,13,17H,7-8,10H2,(H,24,25)/t13-,17+/m1/s1. The van der Waals surface area contributed by atoms with Gasteiger partial charge < -0.3 is 10.0 Å². The van der Waals surface area contributed by atoms with E-state index in [2.05, 4.69) is 0 Å². The molecule has 1 heterocycles. The van der Waals surface area contributed by atoms with Gasteiger partial charge in [0.2, 0.25) is 0 Å². The van der Waals surface area contributed by atoms with Crippen molar-refractivity contribution in [3.8, 4) is 11.1 Å². The Morgan fingerprint density at radius 2 is 1.72 bits per heavy atom. The second-order valence-corrected chi connectivity index (χ2v) is 6.63. The smallest absolute Gasteiger partial charge is 0.416 e. The highest BCUT2D eigenvalue weighted by molar-refractivity contribution is 5.69. The molecule has 2 atom stereocenters. The Hall–Kier alpha value is -2.50. The highest BCUT2D eigenvalue weighted by atomic mass is 19.4. The third-order valence-corrected chi connectivity index (χ3v) is 5.28. The number of alkyl halides is 3. The Morgan fingerprint density at radius 3 is 2.36 bits per heavy atom. The number of nitrogens with zero attached hydrogens (tertiary/aromatic N) is 1. The highest BCUT2D eigenvalue weighted by Crippen LogP contribution is 2.49. The largest absolute Gasteiger partial charge is 0.465 e. The second kappa shape index (κ2) is 5.51. The minimum absolute atomic E-state index is 0.152. The third-order valence-electron chi connectivity index (χ3n) is 5.28. The van der Waals surface area contributed by atoms with Crippen molar-refractivity contribution in [3.05, 3.63) is 59.2 Å². The SMILES string of the molecule is O=C(O)N1CC[C@@H]2C[C@H]1c1cc(-c3ccc(C(F)(F)F)cc3)ccc12. The number of likely N-dealkylation sites (tertiary alicyclic amines) is 1. The van der Waals surface area contributed by atoms with Crippen LogP contribution in [0.2, 0.25) is 0 Å². The maximum atomic E-state index is 12.7. The van der Waals surface area contributed by atoms with Crippen molar-refractivity contribution in [2.75, 3.05) is 6.54 Å². The summed E-state index contributed by atoms with van der Waals surface area (Å²) >= 11 is 0. The van der Waals surface area contributed by atoms with E-state index in [1.807, 2.05) is 18.2 Å². The summed E-state index contributed by atoms with van der Waals surface area (Å²) in [7, 11) is 0. The van der Waals surface area contributed by atoms with Crippen molar-refractivity contribution < 1.29 is 23.1 Å². The maximum absolute atomic E-state index is 12.7. The van der Waals surface area contributed by atoms with Crippen molar-refractivity contribution in [1.82, 2.24) is 4.90 Å². The van der Waals surface area contributed by atoms with Crippen LogP contribution in [0, 0.1) is 0 Å². The van der Waals surface area contributed by atoms with Gasteiger partial charge in [-0.15, -0.1) is 0 Å². The summed E-state index contributed by atoms with van der Waals surface area (Å²) in [6.07, 6.45) is -3.67. The second-order valence-electron chi connectivity index (χ2n) is 6.63. The Balaban J connectivity index is 1.70. The first-order chi connectivity index (χ1) is 11.8. The molecule has 1 amide bonds. The molecule has 2 aromatic rings. The summed E-state index contributed by atoms with van der Waals surface area (Å²) in [6.45, 7) is 0.523. The van der Waals surface area contributed by atoms with Gasteiger partial charge in [0.25, 0.3) is 0 Å². The lowest BCUT2D eigenvalue weighted by Gasteiger charge is -2.31. The number of amides is 1. The van der Waals surface area contributed by atoms with Gasteiger partial charge in [-0.1, -0.05) is 24.3 Å². The molecule has 2 aromatic carbocycles. The van der Waals surface area contributed by atoms with E-state index in [1.165, 1.54) is 22.6 Å². The molecule has 0 saturated carbocycles. The van der Waals surface area contributed by atoms with Crippen molar-refractivity contribution in [2.24, 2.45) is 0 Å². The summed E-state index contributed by atoms with van der Waals surface area (Å²) in [5.74, 6) is 0.372. The predicted molar refractivity (Wildman–Crippen MR) is 86.3 cm³/mol. The van der Waals surface area contributed by atoms with Crippen LogP contribution in [0.3, 0.4) is 0 Å². The zero-order chi connectivity index (χ0) is 17.8. The van der Waals surface area contributed by atoms with Crippen LogP contribution in [0.25, 0.3) is 11.1 Å². The molecule has 130 valence electrons. The molecule has 1 N–H and O–H groups in total. The molecule has 1 fully saturated rings. The number of benzene rings is 2. The van der Waals surface area contributed by atoms with Crippen LogP contribution in [0.1, 0.15) is 41.5 Å². The zero-order valence-corrected chi connectivity index (χ0v) is 13.3. The third kappa shape index (κ3) is 2.65. The number of carbonyl (C=O) groups is 1. The minimum atomic E-state index is -4.35. The molecule has 0 radical (unpaired) electrons. The number of rotatable bonds is 1. The summed E-state index contributed by atoms with van der Waals surface area (Å²) in [5.41, 5.74) is 2.99. The van der Waals surface area contributed by atoms with Gasteiger partial charge in [0.05, 0.1) is 11.6 Å². The lowest BCUT2D eigenvalue weighted by atomic mass is 9.95. The molecule has 2 aliphatic rings. The van der Waals surface area contributed by atoms with E-state index in [1.54, 1.807) is 0 Å². The van der Waals surface area contributed by atoms with Gasteiger partial charge in [0.1, 0.15) is 0 Å². The van der Waals surface area contributed by atoms with Crippen LogP contribution >= 0.6 is 0 Å². The number of piperidine rings is 1. The lowest BCUT2D eigenvalue weighted by Crippen LogP contribution is -2.36. The van der Waals surface area contributed by atoms with E-state index in [9.17, 15) is 23.1 Å². The molecular formula is C19H16F3NO2. The fourth-order valence-corrected chi connectivity index (χ4v) is 4.04. The monoisotopic (exact) mass is 347 g/mol. The molecule has 1 aliphatic carbocycles. The van der Waals surface area contributed by atoms with Crippen molar-refractivity contribution in [2.45, 2.75) is 31.0 Å². The Kier molecular flexibility index (Phi) is 3.52. The zero-order valence-electron chi connectivity index (χ0n) is 13.3. The van der Waals surface area contributed by atoms with Gasteiger partial charge in [-0.25, -0.2) is 4.79 Å². The first kappa shape index (κ1) is 16.0. The molecule has 2 bridgehead atoms. The first-order valence-corrected chi connectivity index (χ1v) is 8.15. The number of carboxylic acid groups (broad SMARTS) is 1. The van der Waals surface area contributed by atoms with Gasteiger partial charge in [0, 0.05) is 6.54 Å². The lowest BCUT2D eigenvalue weighted by molar-refractivity contribution is -0.137. The Bertz CT molecular complexity index is 830. The van der Waals surface area contributed by atoms with Crippen LogP contribution in [-0.4, -0.2) is 22.6 Å². The van der Waals surface area contributed by atoms with Crippen LogP contribution < -0.4 is 0 Å². The molecule has 4 rings (SSSR count). The number of hydrogen-bond acceptors (Lipinski definition) is 1. The van der Waals surface area contributed by atoms with Gasteiger partial charge in [-0.3, -0.25) is 0 Å². The van der Waals surface area contributed by atoms with Crippen LogP contribution in [0.5, 0.6) is 0 Å². The van der Waals surface area contributed by atoms with Crippen LogP contribution in [0.15, 0.2) is 42.5 Å². The summed E-state index contributed by atoms with van der Waals surface area (Å²) in [5, 5.41) is 9.40. The van der Waals surface area contributed by atoms with E-state index in [-0.39, 0.29) is 6.04 Å². The Labute approximate surface area is 142 Å². The quantitative estimate of drug-likeness (QED) is 0.762. The average Bonchev–Trinajstić information content (AvgIpc) is 2.86. The van der Waals surface area contributed by atoms with Crippen molar-refractivity contribution in [3.63, 3.8) is 0 Å². The molecule has 0 spiro atoms. The summed E-state index contributed by atoms with van der Waals surface area (Å²) in [6, 6.07) is 10.8. The van der Waals surface area contributed by atoms with E-state index in [0.29, 0.717) is 18.0 Å². The van der Waals surface area contributed by atoms with E-state index in [0.717, 1.165) is 36.1 Å². The fourth-order valence-electron chi connectivity index (χ4n) is 4.04. The number of hydrogen-bond donors (Lipinski definition) is 1. The minimum Gasteiger partial charge on any atom is -0.465 e.